The summed E-state index contributed by atoms with van der Waals surface area (Å²) in [5.41, 5.74) is 4.08. The first-order valence-electron chi connectivity index (χ1n) is 14.2. The monoisotopic (exact) mass is 570 g/mol. The van der Waals surface area contributed by atoms with Gasteiger partial charge in [0.1, 0.15) is 17.4 Å². The van der Waals surface area contributed by atoms with Crippen LogP contribution >= 0.6 is 0 Å². The van der Waals surface area contributed by atoms with E-state index in [1.165, 1.54) is 0 Å². The van der Waals surface area contributed by atoms with Crippen molar-refractivity contribution in [2.75, 3.05) is 24.3 Å². The second kappa shape index (κ2) is 9.43. The van der Waals surface area contributed by atoms with Crippen LogP contribution in [-0.2, 0) is 16.0 Å². The number of hydrogen-bond donors (Lipinski definition) is 7. The van der Waals surface area contributed by atoms with Gasteiger partial charge in [0.2, 0.25) is 5.91 Å². The van der Waals surface area contributed by atoms with Gasteiger partial charge in [-0.05, 0) is 77.3 Å². The van der Waals surface area contributed by atoms with Gasteiger partial charge < -0.3 is 41.7 Å². The molecule has 0 spiro atoms. The van der Waals surface area contributed by atoms with E-state index in [2.05, 4.69) is 38.3 Å². The van der Waals surface area contributed by atoms with Crippen LogP contribution in [0.15, 0.2) is 17.4 Å². The minimum atomic E-state index is -2.53. The maximum absolute atomic E-state index is 14.1. The number of amides is 1. The van der Waals surface area contributed by atoms with E-state index in [4.69, 9.17) is 5.73 Å². The molecule has 2 unspecified atom stereocenters. The van der Waals surface area contributed by atoms with E-state index in [9.17, 15) is 34.8 Å². The number of Topliss-reactive ketones (excluding diaryl/α,β-unsaturated/α-hetero) is 2. The number of nitrogens with two attached hydrogens (primary N) is 1. The first-order chi connectivity index (χ1) is 18.9. The molecule has 3 aliphatic carbocycles. The van der Waals surface area contributed by atoms with Crippen LogP contribution in [0.25, 0.3) is 0 Å². The van der Waals surface area contributed by atoms with Crippen LogP contribution in [0.3, 0.4) is 0 Å². The fourth-order valence-electron chi connectivity index (χ4n) is 8.13. The van der Waals surface area contributed by atoms with Crippen LogP contribution in [0.1, 0.15) is 69.3 Å². The number of piperidine rings is 1. The zero-order valence-electron chi connectivity index (χ0n) is 24.5. The van der Waals surface area contributed by atoms with E-state index in [1.54, 1.807) is 0 Å². The summed E-state index contributed by atoms with van der Waals surface area (Å²) < 4.78 is 0. The van der Waals surface area contributed by atoms with Gasteiger partial charge in [0, 0.05) is 48.4 Å². The first-order valence-corrected chi connectivity index (χ1v) is 14.2. The van der Waals surface area contributed by atoms with Gasteiger partial charge in [-0.25, -0.2) is 0 Å². The van der Waals surface area contributed by atoms with E-state index in [1.807, 2.05) is 25.1 Å². The van der Waals surface area contributed by atoms with Crippen molar-refractivity contribution in [1.29, 1.82) is 0 Å². The average molecular weight is 571 g/mol. The number of ketones is 2. The van der Waals surface area contributed by atoms with E-state index in [-0.39, 0.29) is 53.3 Å². The van der Waals surface area contributed by atoms with Crippen LogP contribution in [-0.4, -0.2) is 80.8 Å². The predicted octanol–water partition coefficient (Wildman–Crippen LogP) is 1.53. The highest BCUT2D eigenvalue weighted by atomic mass is 16.3. The Labute approximate surface area is 239 Å². The summed E-state index contributed by atoms with van der Waals surface area (Å²) in [7, 11) is 3.69. The number of carbonyl (C=O) groups is 3. The zero-order chi connectivity index (χ0) is 30.4. The summed E-state index contributed by atoms with van der Waals surface area (Å²) in [4.78, 5) is 41.2. The van der Waals surface area contributed by atoms with Crippen molar-refractivity contribution in [1.82, 2.24) is 5.32 Å². The first kappa shape index (κ1) is 29.3. The van der Waals surface area contributed by atoms with Crippen molar-refractivity contribution in [2.24, 2.45) is 23.5 Å². The van der Waals surface area contributed by atoms with Crippen molar-refractivity contribution in [3.8, 4) is 5.75 Å². The predicted molar refractivity (Wildman–Crippen MR) is 153 cm³/mol. The van der Waals surface area contributed by atoms with E-state index in [0.717, 1.165) is 18.5 Å². The van der Waals surface area contributed by atoms with Crippen LogP contribution in [0.5, 0.6) is 5.75 Å². The number of phenols is 1. The minimum Gasteiger partial charge on any atom is -0.508 e. The van der Waals surface area contributed by atoms with Crippen LogP contribution in [0, 0.1) is 17.8 Å². The van der Waals surface area contributed by atoms with Gasteiger partial charge in [-0.1, -0.05) is 0 Å². The molecule has 4 aliphatic rings. The summed E-state index contributed by atoms with van der Waals surface area (Å²) in [6, 6.07) is 1.83. The molecule has 0 aromatic heterocycles. The molecule has 5 rings (SSSR count). The van der Waals surface area contributed by atoms with Gasteiger partial charge in [0.05, 0.1) is 17.4 Å². The highest BCUT2D eigenvalue weighted by Crippen LogP contribution is 2.53. The van der Waals surface area contributed by atoms with E-state index < -0.39 is 52.7 Å². The third-order valence-electron chi connectivity index (χ3n) is 9.40. The van der Waals surface area contributed by atoms with Gasteiger partial charge in [-0.2, -0.15) is 0 Å². The molecular formula is C30H42N4O7. The molecule has 224 valence electrons. The van der Waals surface area contributed by atoms with Gasteiger partial charge in [-0.15, -0.1) is 0 Å². The maximum atomic E-state index is 14.1. The lowest BCUT2D eigenvalue weighted by molar-refractivity contribution is -0.167. The van der Waals surface area contributed by atoms with Crippen LogP contribution < -0.4 is 21.3 Å². The van der Waals surface area contributed by atoms with Crippen LogP contribution in [0.4, 0.5) is 11.4 Å². The molecule has 41 heavy (non-hydrogen) atoms. The normalized spacial score (nSPS) is 32.6. The van der Waals surface area contributed by atoms with Crippen molar-refractivity contribution in [3.05, 3.63) is 28.5 Å². The number of aliphatic hydroxyl groups excluding tert-OH is 2. The number of nitrogens with one attached hydrogen (secondary N) is 2. The van der Waals surface area contributed by atoms with Crippen molar-refractivity contribution in [3.63, 3.8) is 0 Å². The highest BCUT2D eigenvalue weighted by Gasteiger charge is 2.62. The van der Waals surface area contributed by atoms with Gasteiger partial charge in [0.15, 0.2) is 17.2 Å². The molecule has 1 saturated carbocycles. The summed E-state index contributed by atoms with van der Waals surface area (Å²) in [6.45, 7) is 8.48. The third-order valence-corrected chi connectivity index (χ3v) is 9.40. The zero-order valence-corrected chi connectivity index (χ0v) is 24.5. The molecule has 0 radical (unpaired) electrons. The molecule has 1 aromatic carbocycles. The van der Waals surface area contributed by atoms with Crippen molar-refractivity contribution >= 4 is 28.8 Å². The molecule has 1 amide bonds. The van der Waals surface area contributed by atoms with E-state index >= 15 is 0 Å². The number of phenolic OH excluding ortho intramolecular Hbond substituents is 1. The fraction of sp³-hybridized carbons (Fsp3) is 0.633. The molecule has 5 atom stereocenters. The Morgan fingerprint density at radius 2 is 1.71 bits per heavy atom. The number of benzene rings is 1. The quantitative estimate of drug-likeness (QED) is 0.207. The fourth-order valence-corrected chi connectivity index (χ4v) is 8.13. The minimum absolute atomic E-state index is 0.00700. The molecule has 11 nitrogen and oxygen atoms in total. The standard InChI is InChI=1S/C30H42N4O7/c1-28(2)11-15(12-29(3,4)33-28)32-17-10-18(34(5)6)16-8-13-7-14-9-19(35)22(27(31)40)26(39)30(14,41)25(38)20(13)24(37)21(16)23(17)36/h10,13-15,19,22,32-33,35-36,38,41H,7-9,11-12H2,1-6H3,(H2,31,40)/t13-,14+,19?,22?,30+/m1/s1. The average Bonchev–Trinajstić information content (AvgIpc) is 2.80. The topological polar surface area (TPSA) is 185 Å². The molecule has 11 heteroatoms. The number of hydrogen-bond acceptors (Lipinski definition) is 10. The highest BCUT2D eigenvalue weighted by molar-refractivity contribution is 6.17. The summed E-state index contributed by atoms with van der Waals surface area (Å²) in [5.74, 6) is -7.14. The molecule has 2 fully saturated rings. The number of nitrogens with zero attached hydrogens (tertiary/aromatic N) is 1. The molecule has 1 aliphatic heterocycles. The van der Waals surface area contributed by atoms with Gasteiger partial charge in [-0.3, -0.25) is 14.4 Å². The van der Waals surface area contributed by atoms with E-state index in [0.29, 0.717) is 11.3 Å². The Bertz CT molecular complexity index is 1350. The summed E-state index contributed by atoms with van der Waals surface area (Å²) in [5, 5.41) is 52.0. The molecular weight excluding hydrogens is 528 g/mol. The Kier molecular flexibility index (Phi) is 6.75. The van der Waals surface area contributed by atoms with Crippen molar-refractivity contribution < 1.29 is 34.8 Å². The Hall–Kier alpha value is -3.15. The molecule has 1 saturated heterocycles. The largest absolute Gasteiger partial charge is 0.508 e. The van der Waals surface area contributed by atoms with Crippen LogP contribution in [0.2, 0.25) is 0 Å². The number of allylic oxidation sites excluding steroid dienone is 1. The molecule has 1 heterocycles. The Morgan fingerprint density at radius 3 is 2.27 bits per heavy atom. The molecule has 0 bridgehead atoms. The number of rotatable bonds is 4. The number of fused-ring (bicyclic) bond motifs is 3. The van der Waals surface area contributed by atoms with Gasteiger partial charge >= 0.3 is 0 Å². The smallest absolute Gasteiger partial charge is 0.230 e. The van der Waals surface area contributed by atoms with Crippen molar-refractivity contribution in [2.45, 2.75) is 88.6 Å². The summed E-state index contributed by atoms with van der Waals surface area (Å²) in [6.07, 6.45) is 0.410. The lowest BCUT2D eigenvalue weighted by Crippen LogP contribution is -2.63. The number of primary amides is 1. The molecule has 8 N–H and O–H groups in total. The lowest BCUT2D eigenvalue weighted by Gasteiger charge is -2.48. The second-order valence-corrected chi connectivity index (χ2v) is 13.9. The number of anilines is 2. The second-order valence-electron chi connectivity index (χ2n) is 13.9. The number of aliphatic hydroxyl groups is 3. The van der Waals surface area contributed by atoms with Gasteiger partial charge in [0.25, 0.3) is 0 Å². The lowest BCUT2D eigenvalue weighted by atomic mass is 9.58. The molecule has 1 aromatic rings. The third kappa shape index (κ3) is 4.58. The Morgan fingerprint density at radius 1 is 1.10 bits per heavy atom. The Balaban J connectivity index is 1.60. The number of carbonyl (C=O) groups excluding carboxylic acids is 3. The summed E-state index contributed by atoms with van der Waals surface area (Å²) >= 11 is 0. The number of aromatic hydroxyl groups is 1. The maximum Gasteiger partial charge on any atom is 0.230 e. The SMILES string of the molecule is CN(C)c1cc(NC2CC(C)(C)NC(C)(C)C2)c(O)c2c1C[C@H]1C[C@H]3CC(O)C(C(N)=O)C(=O)[C@@]3(O)C(O)=C1C2=O.